The number of carbonyl (C=O) groups is 1. The van der Waals surface area contributed by atoms with E-state index in [0.717, 1.165) is 23.4 Å². The highest BCUT2D eigenvalue weighted by atomic mass is 35.5. The molecule has 0 N–H and O–H groups in total. The van der Waals surface area contributed by atoms with Gasteiger partial charge in [0.2, 0.25) is 5.91 Å². The van der Waals surface area contributed by atoms with Crippen molar-refractivity contribution in [2.24, 2.45) is 0 Å². The molecular formula is C21H21ClF2N2O. The largest absolute Gasteiger partial charge is 0.342 e. The third-order valence-corrected chi connectivity index (χ3v) is 5.81. The molecule has 2 aliphatic heterocycles. The van der Waals surface area contributed by atoms with Gasteiger partial charge in [0.05, 0.1) is 0 Å². The number of amides is 1. The number of likely N-dealkylation sites (tertiary alicyclic amines) is 1. The molecule has 4 rings (SSSR count). The van der Waals surface area contributed by atoms with Crippen LogP contribution in [0.2, 0.25) is 0 Å². The van der Waals surface area contributed by atoms with E-state index < -0.39 is 0 Å². The van der Waals surface area contributed by atoms with Crippen LogP contribution >= 0.6 is 11.6 Å². The van der Waals surface area contributed by atoms with E-state index in [2.05, 4.69) is 4.90 Å². The Morgan fingerprint density at radius 2 is 1.85 bits per heavy atom. The zero-order valence-electron chi connectivity index (χ0n) is 14.9. The van der Waals surface area contributed by atoms with Crippen molar-refractivity contribution in [3.05, 3.63) is 59.7 Å². The summed E-state index contributed by atoms with van der Waals surface area (Å²) in [5, 5.41) is 0. The molecule has 1 amide bonds. The van der Waals surface area contributed by atoms with Gasteiger partial charge >= 0.3 is 0 Å². The molecule has 0 radical (unpaired) electrons. The highest BCUT2D eigenvalue weighted by Gasteiger charge is 2.43. The molecule has 6 heteroatoms. The van der Waals surface area contributed by atoms with Gasteiger partial charge in [0.15, 0.2) is 0 Å². The smallest absolute Gasteiger partial charge is 0.222 e. The molecule has 2 aliphatic rings. The number of hydrogen-bond donors (Lipinski definition) is 0. The van der Waals surface area contributed by atoms with Crippen LogP contribution in [0.5, 0.6) is 0 Å². The number of carbonyl (C=O) groups excluding carboxylic acids is 1. The molecule has 1 fully saturated rings. The molecule has 0 bridgehead atoms. The fraction of sp³-hybridized carbons (Fsp3) is 0.381. The Balaban J connectivity index is 1.66. The van der Waals surface area contributed by atoms with Crippen molar-refractivity contribution >= 4 is 28.9 Å². The van der Waals surface area contributed by atoms with Gasteiger partial charge in [0.25, 0.3) is 0 Å². The first kappa shape index (κ1) is 18.2. The average molecular weight is 391 g/mol. The van der Waals surface area contributed by atoms with Gasteiger partial charge in [-0.15, -0.1) is 11.6 Å². The average Bonchev–Trinajstić information content (AvgIpc) is 2.99. The SMILES string of the molecule is O=C(CCCCl)N1CCC2C(C1)c1cc(F)ccc1N2c1ccc(F)cc1. The maximum absolute atomic E-state index is 14.0. The van der Waals surface area contributed by atoms with Gasteiger partial charge in [-0.05, 0) is 60.9 Å². The van der Waals surface area contributed by atoms with E-state index >= 15 is 0 Å². The predicted octanol–water partition coefficient (Wildman–Crippen LogP) is 4.82. The maximum Gasteiger partial charge on any atom is 0.222 e. The Morgan fingerprint density at radius 3 is 2.59 bits per heavy atom. The summed E-state index contributed by atoms with van der Waals surface area (Å²) in [6, 6.07) is 11.3. The molecule has 2 aromatic carbocycles. The molecule has 27 heavy (non-hydrogen) atoms. The lowest BCUT2D eigenvalue weighted by Crippen LogP contribution is -2.47. The second kappa shape index (κ2) is 7.47. The Morgan fingerprint density at radius 1 is 1.11 bits per heavy atom. The molecule has 0 spiro atoms. The molecule has 0 aromatic heterocycles. The number of rotatable bonds is 4. The number of piperidine rings is 1. The van der Waals surface area contributed by atoms with Crippen LogP contribution in [0.3, 0.4) is 0 Å². The van der Waals surface area contributed by atoms with Crippen molar-refractivity contribution in [3.8, 4) is 0 Å². The van der Waals surface area contributed by atoms with Crippen LogP contribution in [0.1, 0.15) is 30.7 Å². The monoisotopic (exact) mass is 390 g/mol. The first-order valence-corrected chi connectivity index (χ1v) is 9.80. The van der Waals surface area contributed by atoms with Crippen molar-refractivity contribution in [3.63, 3.8) is 0 Å². The van der Waals surface area contributed by atoms with Crippen molar-refractivity contribution in [1.29, 1.82) is 0 Å². The minimum atomic E-state index is -0.284. The molecule has 0 saturated carbocycles. The van der Waals surface area contributed by atoms with Crippen molar-refractivity contribution in [1.82, 2.24) is 4.90 Å². The lowest BCUT2D eigenvalue weighted by molar-refractivity contribution is -0.132. The summed E-state index contributed by atoms with van der Waals surface area (Å²) >= 11 is 5.71. The molecular weight excluding hydrogens is 370 g/mol. The zero-order valence-corrected chi connectivity index (χ0v) is 15.6. The number of nitrogens with zero attached hydrogens (tertiary/aromatic N) is 2. The van der Waals surface area contributed by atoms with E-state index in [1.807, 2.05) is 4.90 Å². The van der Waals surface area contributed by atoms with E-state index in [9.17, 15) is 13.6 Å². The fourth-order valence-electron chi connectivity index (χ4n) is 4.31. The molecule has 142 valence electrons. The number of benzene rings is 2. The number of hydrogen-bond acceptors (Lipinski definition) is 2. The van der Waals surface area contributed by atoms with Crippen molar-refractivity contribution < 1.29 is 13.6 Å². The van der Waals surface area contributed by atoms with Crippen LogP contribution in [0.15, 0.2) is 42.5 Å². The van der Waals surface area contributed by atoms with E-state index in [-0.39, 0.29) is 29.5 Å². The van der Waals surface area contributed by atoms with E-state index in [4.69, 9.17) is 11.6 Å². The van der Waals surface area contributed by atoms with Gasteiger partial charge in [-0.2, -0.15) is 0 Å². The minimum Gasteiger partial charge on any atom is -0.342 e. The Labute approximate surface area is 162 Å². The Bertz CT molecular complexity index is 843. The minimum absolute atomic E-state index is 0.0365. The van der Waals surface area contributed by atoms with Gasteiger partial charge in [0, 0.05) is 48.7 Å². The lowest BCUT2D eigenvalue weighted by Gasteiger charge is -2.39. The summed E-state index contributed by atoms with van der Waals surface area (Å²) in [6.45, 7) is 1.23. The molecule has 2 aromatic rings. The summed E-state index contributed by atoms with van der Waals surface area (Å²) in [5.41, 5.74) is 2.74. The van der Waals surface area contributed by atoms with Gasteiger partial charge in [-0.1, -0.05) is 0 Å². The van der Waals surface area contributed by atoms with Gasteiger partial charge in [0.1, 0.15) is 11.6 Å². The van der Waals surface area contributed by atoms with E-state index in [1.165, 1.54) is 18.2 Å². The summed E-state index contributed by atoms with van der Waals surface area (Å²) in [7, 11) is 0. The van der Waals surface area contributed by atoms with E-state index in [1.54, 1.807) is 24.3 Å². The number of halogens is 3. The van der Waals surface area contributed by atoms with Crippen LogP contribution in [-0.2, 0) is 4.79 Å². The van der Waals surface area contributed by atoms with Crippen molar-refractivity contribution in [2.75, 3.05) is 23.9 Å². The third kappa shape index (κ3) is 3.41. The molecule has 3 nitrogen and oxygen atoms in total. The second-order valence-corrected chi connectivity index (χ2v) is 7.52. The van der Waals surface area contributed by atoms with Crippen LogP contribution in [-0.4, -0.2) is 35.8 Å². The lowest BCUT2D eigenvalue weighted by atomic mass is 9.88. The number of anilines is 2. The normalized spacial score (nSPS) is 21.1. The molecule has 2 atom stereocenters. The molecule has 1 saturated heterocycles. The standard InChI is InChI=1S/C21H21ClF2N2O/c22-10-1-2-21(27)25-11-9-20-18(13-25)17-12-15(24)5-8-19(17)26(20)16-6-3-14(23)4-7-16/h3-8,12,18,20H,1-2,9-11,13H2. The van der Waals surface area contributed by atoms with Crippen LogP contribution < -0.4 is 4.90 Å². The third-order valence-electron chi connectivity index (χ3n) is 5.54. The molecule has 2 heterocycles. The van der Waals surface area contributed by atoms with Crippen LogP contribution in [0.25, 0.3) is 0 Å². The number of fused-ring (bicyclic) bond motifs is 3. The van der Waals surface area contributed by atoms with Gasteiger partial charge in [-0.3, -0.25) is 4.79 Å². The number of alkyl halides is 1. The Kier molecular flexibility index (Phi) is 5.04. The summed E-state index contributed by atoms with van der Waals surface area (Å²) in [5.74, 6) is 0.0483. The highest BCUT2D eigenvalue weighted by Crippen LogP contribution is 2.48. The maximum atomic E-state index is 14.0. The molecule has 0 aliphatic carbocycles. The van der Waals surface area contributed by atoms with Crippen LogP contribution in [0.4, 0.5) is 20.2 Å². The van der Waals surface area contributed by atoms with Gasteiger partial charge in [-0.25, -0.2) is 8.78 Å². The van der Waals surface area contributed by atoms with E-state index in [0.29, 0.717) is 31.8 Å². The summed E-state index contributed by atoms with van der Waals surface area (Å²) in [6.07, 6.45) is 1.89. The van der Waals surface area contributed by atoms with Gasteiger partial charge < -0.3 is 9.80 Å². The fourth-order valence-corrected chi connectivity index (χ4v) is 4.44. The van der Waals surface area contributed by atoms with Crippen molar-refractivity contribution in [2.45, 2.75) is 31.2 Å². The Hall–Kier alpha value is -2.14. The van der Waals surface area contributed by atoms with Crippen LogP contribution in [0, 0.1) is 11.6 Å². The highest BCUT2D eigenvalue weighted by molar-refractivity contribution is 6.17. The molecule has 2 unspecified atom stereocenters. The summed E-state index contributed by atoms with van der Waals surface area (Å²) < 4.78 is 27.3. The second-order valence-electron chi connectivity index (χ2n) is 7.14. The first-order valence-electron chi connectivity index (χ1n) is 9.26. The first-order chi connectivity index (χ1) is 13.1. The topological polar surface area (TPSA) is 23.6 Å². The zero-order chi connectivity index (χ0) is 19.0. The quantitative estimate of drug-likeness (QED) is 0.699. The summed E-state index contributed by atoms with van der Waals surface area (Å²) in [4.78, 5) is 16.5. The predicted molar refractivity (Wildman–Crippen MR) is 103 cm³/mol.